The summed E-state index contributed by atoms with van der Waals surface area (Å²) < 4.78 is 12.4. The summed E-state index contributed by atoms with van der Waals surface area (Å²) in [4.78, 5) is 12.3. The molecule has 3 aromatic rings. The monoisotopic (exact) mass is 480 g/mol. The molecule has 1 amide bonds. The van der Waals surface area contributed by atoms with Gasteiger partial charge in [-0.2, -0.15) is 5.10 Å². The van der Waals surface area contributed by atoms with Crippen molar-refractivity contribution < 1.29 is 14.3 Å². The molecule has 1 heterocycles. The largest absolute Gasteiger partial charge is 0.497 e. The Morgan fingerprint density at radius 1 is 1.18 bits per heavy atom. The second kappa shape index (κ2) is 12.4. The number of benzene rings is 2. The number of aromatic nitrogens is 3. The average molecular weight is 481 g/mol. The minimum Gasteiger partial charge on any atom is -0.497 e. The number of ether oxygens (including phenoxy) is 2. The Kier molecular flexibility index (Phi) is 9.10. The predicted molar refractivity (Wildman–Crippen MR) is 135 cm³/mol. The van der Waals surface area contributed by atoms with Crippen molar-refractivity contribution in [3.05, 3.63) is 72.1 Å². The summed E-state index contributed by atoms with van der Waals surface area (Å²) in [6.45, 7) is 6.90. The van der Waals surface area contributed by atoms with Gasteiger partial charge in [-0.1, -0.05) is 35.5 Å². The zero-order valence-electron chi connectivity index (χ0n) is 19.4. The molecule has 0 fully saturated rings. The van der Waals surface area contributed by atoms with Crippen molar-refractivity contribution in [2.75, 3.05) is 25.3 Å². The third-order valence-corrected chi connectivity index (χ3v) is 5.74. The van der Waals surface area contributed by atoms with E-state index in [0.29, 0.717) is 35.3 Å². The molecule has 178 valence electrons. The summed E-state index contributed by atoms with van der Waals surface area (Å²) in [5.41, 5.74) is 5.44. The van der Waals surface area contributed by atoms with Crippen LogP contribution in [-0.4, -0.2) is 46.9 Å². The molecule has 9 nitrogen and oxygen atoms in total. The summed E-state index contributed by atoms with van der Waals surface area (Å²) in [5, 5.41) is 16.5. The first-order chi connectivity index (χ1) is 16.5. The number of methoxy groups -OCH3 is 2. The SMILES string of the molecule is C=CCn1c(CNc2ccc(C)cc2)nnc1SCC(=O)N/N=C\c1ccc(OC)cc1OC. The van der Waals surface area contributed by atoms with Gasteiger partial charge in [0.2, 0.25) is 0 Å². The molecule has 0 atom stereocenters. The topological polar surface area (TPSA) is 103 Å². The van der Waals surface area contributed by atoms with Crippen LogP contribution >= 0.6 is 11.8 Å². The molecule has 34 heavy (non-hydrogen) atoms. The number of hydrogen-bond donors (Lipinski definition) is 2. The van der Waals surface area contributed by atoms with Crippen LogP contribution in [0.15, 0.2) is 65.4 Å². The van der Waals surface area contributed by atoms with Gasteiger partial charge in [0.1, 0.15) is 11.5 Å². The number of aryl methyl sites for hydroxylation is 1. The lowest BCUT2D eigenvalue weighted by molar-refractivity contribution is -0.118. The molecule has 0 unspecified atom stereocenters. The fraction of sp³-hybridized carbons (Fsp3) is 0.250. The number of nitrogens with zero attached hydrogens (tertiary/aromatic N) is 4. The number of nitrogens with one attached hydrogen (secondary N) is 2. The second-order valence-electron chi connectivity index (χ2n) is 7.21. The predicted octanol–water partition coefficient (Wildman–Crippen LogP) is 3.64. The highest BCUT2D eigenvalue weighted by Crippen LogP contribution is 2.23. The Hall–Kier alpha value is -3.79. The van der Waals surface area contributed by atoms with Crippen LogP contribution in [0.25, 0.3) is 0 Å². The molecule has 3 rings (SSSR count). The Bertz CT molecular complexity index is 1140. The van der Waals surface area contributed by atoms with Gasteiger partial charge in [0.15, 0.2) is 11.0 Å². The molecule has 0 saturated carbocycles. The molecule has 0 radical (unpaired) electrons. The zero-order valence-corrected chi connectivity index (χ0v) is 20.3. The molecule has 2 aromatic carbocycles. The first kappa shape index (κ1) is 24.8. The van der Waals surface area contributed by atoms with Crippen molar-refractivity contribution >= 4 is 29.6 Å². The van der Waals surface area contributed by atoms with E-state index >= 15 is 0 Å². The van der Waals surface area contributed by atoms with Gasteiger partial charge >= 0.3 is 0 Å². The highest BCUT2D eigenvalue weighted by molar-refractivity contribution is 7.99. The maximum Gasteiger partial charge on any atom is 0.250 e. The van der Waals surface area contributed by atoms with Crippen molar-refractivity contribution in [3.63, 3.8) is 0 Å². The smallest absolute Gasteiger partial charge is 0.250 e. The minimum absolute atomic E-state index is 0.137. The van der Waals surface area contributed by atoms with Crippen molar-refractivity contribution in [2.45, 2.75) is 25.2 Å². The lowest BCUT2D eigenvalue weighted by Crippen LogP contribution is -2.20. The molecule has 2 N–H and O–H groups in total. The van der Waals surface area contributed by atoms with E-state index in [2.05, 4.69) is 32.6 Å². The summed E-state index contributed by atoms with van der Waals surface area (Å²) >= 11 is 1.29. The summed E-state index contributed by atoms with van der Waals surface area (Å²) in [6.07, 6.45) is 3.30. The van der Waals surface area contributed by atoms with Crippen LogP contribution < -0.4 is 20.2 Å². The number of carbonyl (C=O) groups is 1. The van der Waals surface area contributed by atoms with Gasteiger partial charge in [0.05, 0.1) is 32.7 Å². The van der Waals surface area contributed by atoms with Crippen molar-refractivity contribution in [1.29, 1.82) is 0 Å². The number of amides is 1. The number of carbonyl (C=O) groups excluding carboxylic acids is 1. The van der Waals surface area contributed by atoms with Gasteiger partial charge in [-0.05, 0) is 31.2 Å². The fourth-order valence-electron chi connectivity index (χ4n) is 2.98. The maximum absolute atomic E-state index is 12.3. The average Bonchev–Trinajstić information content (AvgIpc) is 3.24. The third-order valence-electron chi connectivity index (χ3n) is 4.77. The summed E-state index contributed by atoms with van der Waals surface area (Å²) in [6, 6.07) is 13.5. The van der Waals surface area contributed by atoms with Crippen molar-refractivity contribution in [3.8, 4) is 11.5 Å². The molecule has 0 spiro atoms. The first-order valence-corrected chi connectivity index (χ1v) is 11.5. The van der Waals surface area contributed by atoms with Gasteiger partial charge in [-0.15, -0.1) is 16.8 Å². The van der Waals surface area contributed by atoms with Crippen LogP contribution in [0.4, 0.5) is 5.69 Å². The third kappa shape index (κ3) is 6.85. The first-order valence-electron chi connectivity index (χ1n) is 10.5. The Balaban J connectivity index is 1.56. The molecule has 0 aliphatic rings. The van der Waals surface area contributed by atoms with Crippen molar-refractivity contribution in [2.24, 2.45) is 5.10 Å². The molecule has 0 bridgehead atoms. The lowest BCUT2D eigenvalue weighted by atomic mass is 10.2. The van der Waals surface area contributed by atoms with Crippen LogP contribution in [-0.2, 0) is 17.9 Å². The number of hydrogen-bond acceptors (Lipinski definition) is 8. The van der Waals surface area contributed by atoms with Gasteiger partial charge < -0.3 is 19.4 Å². The van der Waals surface area contributed by atoms with Gasteiger partial charge in [-0.3, -0.25) is 4.79 Å². The minimum atomic E-state index is -0.263. The Morgan fingerprint density at radius 2 is 1.97 bits per heavy atom. The van der Waals surface area contributed by atoms with E-state index in [1.54, 1.807) is 38.5 Å². The Labute approximate surface area is 203 Å². The van der Waals surface area contributed by atoms with E-state index in [1.807, 2.05) is 35.8 Å². The number of allylic oxidation sites excluding steroid dienone is 1. The van der Waals surface area contributed by atoms with E-state index in [0.717, 1.165) is 11.5 Å². The molecule has 10 heteroatoms. The molecule has 1 aromatic heterocycles. The number of rotatable bonds is 12. The number of thioether (sulfide) groups is 1. The van der Waals surface area contributed by atoms with Crippen LogP contribution in [0.1, 0.15) is 17.0 Å². The van der Waals surface area contributed by atoms with E-state index in [9.17, 15) is 4.79 Å². The Morgan fingerprint density at radius 3 is 2.68 bits per heavy atom. The second-order valence-corrected chi connectivity index (χ2v) is 8.15. The summed E-state index contributed by atoms with van der Waals surface area (Å²) in [7, 11) is 3.14. The quantitative estimate of drug-likeness (QED) is 0.177. The van der Waals surface area contributed by atoms with Crippen LogP contribution in [0.2, 0.25) is 0 Å². The van der Waals surface area contributed by atoms with Crippen LogP contribution in [0, 0.1) is 6.92 Å². The number of hydrazone groups is 1. The molecule has 0 saturated heterocycles. The number of anilines is 1. The van der Waals surface area contributed by atoms with Gasteiger partial charge in [-0.25, -0.2) is 5.43 Å². The molecular weight excluding hydrogens is 452 g/mol. The fourth-order valence-corrected chi connectivity index (χ4v) is 3.74. The van der Waals surface area contributed by atoms with E-state index in [1.165, 1.54) is 23.5 Å². The standard InChI is InChI=1S/C24H28N6O3S/c1-5-12-30-22(15-25-19-9-6-17(2)7-10-19)27-29-24(30)34-16-23(31)28-26-14-18-8-11-20(32-3)13-21(18)33-4/h5-11,13-14,25H,1,12,15-16H2,2-4H3,(H,28,31)/b26-14-. The van der Waals surface area contributed by atoms with E-state index < -0.39 is 0 Å². The normalized spacial score (nSPS) is 10.8. The van der Waals surface area contributed by atoms with E-state index in [-0.39, 0.29) is 11.7 Å². The van der Waals surface area contributed by atoms with Gasteiger partial charge in [0, 0.05) is 23.9 Å². The van der Waals surface area contributed by atoms with Crippen LogP contribution in [0.3, 0.4) is 0 Å². The van der Waals surface area contributed by atoms with E-state index in [4.69, 9.17) is 9.47 Å². The maximum atomic E-state index is 12.3. The molecule has 0 aliphatic heterocycles. The highest BCUT2D eigenvalue weighted by Gasteiger charge is 2.13. The lowest BCUT2D eigenvalue weighted by Gasteiger charge is -2.09. The summed E-state index contributed by atoms with van der Waals surface area (Å²) in [5.74, 6) is 1.90. The molecular formula is C24H28N6O3S. The van der Waals surface area contributed by atoms with Crippen LogP contribution in [0.5, 0.6) is 11.5 Å². The molecule has 0 aliphatic carbocycles. The highest BCUT2D eigenvalue weighted by atomic mass is 32.2. The van der Waals surface area contributed by atoms with Crippen molar-refractivity contribution in [1.82, 2.24) is 20.2 Å². The zero-order chi connectivity index (χ0) is 24.3. The van der Waals surface area contributed by atoms with Gasteiger partial charge in [0.25, 0.3) is 5.91 Å².